The zero-order valence-corrected chi connectivity index (χ0v) is 12.6. The Morgan fingerprint density at radius 3 is 2.47 bits per heavy atom. The molecule has 0 spiro atoms. The second-order valence-electron chi connectivity index (χ2n) is 3.28. The summed E-state index contributed by atoms with van der Waals surface area (Å²) >= 11 is 8.51. The summed E-state index contributed by atoms with van der Waals surface area (Å²) in [5, 5.41) is 9.07. The lowest BCUT2D eigenvalue weighted by atomic mass is 10.2. The van der Waals surface area contributed by atoms with Gasteiger partial charge in [-0.05, 0) is 46.3 Å². The van der Waals surface area contributed by atoms with E-state index in [1.54, 1.807) is 11.8 Å². The maximum Gasteiger partial charge on any atom is 0.100 e. The van der Waals surface area contributed by atoms with Crippen LogP contribution in [0.2, 0.25) is 0 Å². The molecule has 0 aliphatic heterocycles. The van der Waals surface area contributed by atoms with Crippen LogP contribution >= 0.6 is 43.6 Å². The van der Waals surface area contributed by atoms with Crippen LogP contribution in [0.3, 0.4) is 0 Å². The van der Waals surface area contributed by atoms with E-state index < -0.39 is 0 Å². The van der Waals surface area contributed by atoms with Crippen molar-refractivity contribution in [3.8, 4) is 6.07 Å². The fourth-order valence-corrected chi connectivity index (χ4v) is 3.32. The van der Waals surface area contributed by atoms with E-state index in [2.05, 4.69) is 37.9 Å². The minimum absolute atomic E-state index is 0.689. The summed E-state index contributed by atoms with van der Waals surface area (Å²) in [6.07, 6.45) is 0. The lowest BCUT2D eigenvalue weighted by Crippen LogP contribution is -1.82. The van der Waals surface area contributed by atoms with E-state index in [1.807, 2.05) is 42.5 Å². The van der Waals surface area contributed by atoms with Crippen LogP contribution in [-0.2, 0) is 0 Å². The predicted octanol–water partition coefficient (Wildman–Crippen LogP) is 5.23. The summed E-state index contributed by atoms with van der Waals surface area (Å²) in [6, 6.07) is 15.8. The van der Waals surface area contributed by atoms with E-state index in [0.717, 1.165) is 18.7 Å². The van der Waals surface area contributed by atoms with Gasteiger partial charge in [-0.25, -0.2) is 0 Å². The van der Waals surface area contributed by atoms with Gasteiger partial charge < -0.3 is 0 Å². The third-order valence-electron chi connectivity index (χ3n) is 2.12. The predicted molar refractivity (Wildman–Crippen MR) is 77.1 cm³/mol. The molecule has 0 heterocycles. The van der Waals surface area contributed by atoms with Crippen LogP contribution in [0, 0.1) is 11.3 Å². The third-order valence-corrected chi connectivity index (χ3v) is 4.70. The number of nitriles is 1. The molecule has 84 valence electrons. The topological polar surface area (TPSA) is 23.8 Å². The maximum atomic E-state index is 9.07. The molecule has 4 heteroatoms. The summed E-state index contributed by atoms with van der Waals surface area (Å²) < 4.78 is 2.01. The number of nitrogens with zero attached hydrogens (tertiary/aromatic N) is 1. The van der Waals surface area contributed by atoms with Crippen LogP contribution in [0.25, 0.3) is 0 Å². The van der Waals surface area contributed by atoms with E-state index in [0.29, 0.717) is 5.56 Å². The normalized spacial score (nSPS) is 9.94. The highest BCUT2D eigenvalue weighted by atomic mass is 79.9. The SMILES string of the molecule is N#Cc1ccc(Br)cc1Sc1ccccc1Br. The van der Waals surface area contributed by atoms with Gasteiger partial charge in [0.1, 0.15) is 6.07 Å². The van der Waals surface area contributed by atoms with E-state index in [9.17, 15) is 0 Å². The molecular weight excluding hydrogens is 362 g/mol. The molecular formula is C13H7Br2NS. The summed E-state index contributed by atoms with van der Waals surface area (Å²) in [7, 11) is 0. The van der Waals surface area contributed by atoms with E-state index in [4.69, 9.17) is 5.26 Å². The van der Waals surface area contributed by atoms with Crippen molar-refractivity contribution in [3.63, 3.8) is 0 Å². The van der Waals surface area contributed by atoms with Crippen LogP contribution in [0.5, 0.6) is 0 Å². The molecule has 2 aromatic carbocycles. The minimum atomic E-state index is 0.689. The first-order chi connectivity index (χ1) is 8.20. The molecule has 0 N–H and O–H groups in total. The highest BCUT2D eigenvalue weighted by Crippen LogP contribution is 2.36. The average Bonchev–Trinajstić information content (AvgIpc) is 2.32. The van der Waals surface area contributed by atoms with Crippen molar-refractivity contribution in [2.24, 2.45) is 0 Å². The standard InChI is InChI=1S/C13H7Br2NS/c14-10-6-5-9(8-16)13(7-10)17-12-4-2-1-3-11(12)15/h1-7H. The second-order valence-corrected chi connectivity index (χ2v) is 6.14. The van der Waals surface area contributed by atoms with Crippen molar-refractivity contribution in [1.29, 1.82) is 5.26 Å². The highest BCUT2D eigenvalue weighted by molar-refractivity contribution is 9.10. The number of rotatable bonds is 2. The van der Waals surface area contributed by atoms with Gasteiger partial charge in [-0.1, -0.05) is 39.8 Å². The Hall–Kier alpha value is -0.760. The summed E-state index contributed by atoms with van der Waals surface area (Å²) in [5.74, 6) is 0. The molecule has 0 aliphatic carbocycles. The monoisotopic (exact) mass is 367 g/mol. The van der Waals surface area contributed by atoms with Gasteiger partial charge >= 0.3 is 0 Å². The van der Waals surface area contributed by atoms with Crippen LogP contribution in [-0.4, -0.2) is 0 Å². The molecule has 0 aliphatic rings. The molecule has 2 rings (SSSR count). The molecule has 0 amide bonds. The quantitative estimate of drug-likeness (QED) is 0.724. The largest absolute Gasteiger partial charge is 0.192 e. The molecule has 0 radical (unpaired) electrons. The molecule has 0 unspecified atom stereocenters. The molecule has 0 fully saturated rings. The summed E-state index contributed by atoms with van der Waals surface area (Å²) in [4.78, 5) is 2.05. The number of halogens is 2. The van der Waals surface area contributed by atoms with Crippen LogP contribution in [0.15, 0.2) is 61.2 Å². The van der Waals surface area contributed by atoms with E-state index >= 15 is 0 Å². The van der Waals surface area contributed by atoms with Gasteiger partial charge in [-0.2, -0.15) is 5.26 Å². The van der Waals surface area contributed by atoms with Gasteiger partial charge in [0.05, 0.1) is 5.56 Å². The molecule has 0 aromatic heterocycles. The number of hydrogen-bond donors (Lipinski definition) is 0. The van der Waals surface area contributed by atoms with Crippen molar-refractivity contribution in [3.05, 3.63) is 57.0 Å². The van der Waals surface area contributed by atoms with Crippen LogP contribution in [0.1, 0.15) is 5.56 Å². The van der Waals surface area contributed by atoms with Gasteiger partial charge in [0.2, 0.25) is 0 Å². The summed E-state index contributed by atoms with van der Waals surface area (Å²) in [5.41, 5.74) is 0.689. The van der Waals surface area contributed by atoms with Crippen molar-refractivity contribution >= 4 is 43.6 Å². The van der Waals surface area contributed by atoms with E-state index in [1.165, 1.54) is 0 Å². The minimum Gasteiger partial charge on any atom is -0.192 e. The second kappa shape index (κ2) is 5.72. The summed E-state index contributed by atoms with van der Waals surface area (Å²) in [6.45, 7) is 0. The Morgan fingerprint density at radius 2 is 1.76 bits per heavy atom. The van der Waals surface area contributed by atoms with Gasteiger partial charge in [0.15, 0.2) is 0 Å². The molecule has 0 bridgehead atoms. The molecule has 2 aromatic rings. The Labute approximate surface area is 121 Å². The van der Waals surface area contributed by atoms with Crippen molar-refractivity contribution < 1.29 is 0 Å². The Morgan fingerprint density at radius 1 is 1.00 bits per heavy atom. The van der Waals surface area contributed by atoms with E-state index in [-0.39, 0.29) is 0 Å². The fraction of sp³-hybridized carbons (Fsp3) is 0. The molecule has 1 nitrogen and oxygen atoms in total. The lowest BCUT2D eigenvalue weighted by Gasteiger charge is -2.06. The van der Waals surface area contributed by atoms with Gasteiger partial charge in [0.25, 0.3) is 0 Å². The maximum absolute atomic E-state index is 9.07. The molecule has 0 saturated heterocycles. The first kappa shape index (κ1) is 12.7. The smallest absolute Gasteiger partial charge is 0.100 e. The Bertz CT molecular complexity index is 590. The average molecular weight is 369 g/mol. The Balaban J connectivity index is 2.40. The first-order valence-corrected chi connectivity index (χ1v) is 7.23. The Kier molecular flexibility index (Phi) is 4.27. The van der Waals surface area contributed by atoms with Gasteiger partial charge in [0, 0.05) is 18.7 Å². The molecule has 0 atom stereocenters. The first-order valence-electron chi connectivity index (χ1n) is 4.83. The highest BCUT2D eigenvalue weighted by Gasteiger charge is 2.07. The van der Waals surface area contributed by atoms with Crippen molar-refractivity contribution in [1.82, 2.24) is 0 Å². The van der Waals surface area contributed by atoms with Gasteiger partial charge in [-0.3, -0.25) is 0 Å². The van der Waals surface area contributed by atoms with Crippen LogP contribution < -0.4 is 0 Å². The number of hydrogen-bond acceptors (Lipinski definition) is 2. The fourth-order valence-electron chi connectivity index (χ4n) is 1.32. The van der Waals surface area contributed by atoms with Crippen molar-refractivity contribution in [2.75, 3.05) is 0 Å². The lowest BCUT2D eigenvalue weighted by molar-refractivity contribution is 1.33. The zero-order valence-electron chi connectivity index (χ0n) is 8.65. The third kappa shape index (κ3) is 3.12. The zero-order chi connectivity index (χ0) is 12.3. The van der Waals surface area contributed by atoms with Crippen molar-refractivity contribution in [2.45, 2.75) is 9.79 Å². The van der Waals surface area contributed by atoms with Gasteiger partial charge in [-0.15, -0.1) is 0 Å². The number of benzene rings is 2. The van der Waals surface area contributed by atoms with Crippen LogP contribution in [0.4, 0.5) is 0 Å². The molecule has 0 saturated carbocycles. The molecule has 17 heavy (non-hydrogen) atoms.